The summed E-state index contributed by atoms with van der Waals surface area (Å²) in [5.74, 6) is -0.358. The third-order valence-corrected chi connectivity index (χ3v) is 8.01. The second kappa shape index (κ2) is 13.4. The van der Waals surface area contributed by atoms with Crippen molar-refractivity contribution in [1.82, 2.24) is 14.8 Å². The highest BCUT2D eigenvalue weighted by atomic mass is 32.1. The number of carbonyl (C=O) groups excluding carboxylic acids is 3. The molecule has 0 aliphatic carbocycles. The zero-order valence-electron chi connectivity index (χ0n) is 24.6. The van der Waals surface area contributed by atoms with E-state index in [9.17, 15) is 14.4 Å². The first-order valence-electron chi connectivity index (χ1n) is 14.5. The van der Waals surface area contributed by atoms with Crippen molar-refractivity contribution in [2.75, 3.05) is 38.3 Å². The van der Waals surface area contributed by atoms with Crippen molar-refractivity contribution in [1.29, 1.82) is 0 Å². The van der Waals surface area contributed by atoms with E-state index in [1.54, 1.807) is 30.3 Å². The van der Waals surface area contributed by atoms with Gasteiger partial charge >= 0.3 is 5.97 Å². The van der Waals surface area contributed by atoms with E-state index in [1.165, 1.54) is 16.9 Å². The molecule has 226 valence electrons. The lowest BCUT2D eigenvalue weighted by atomic mass is 10.1. The molecule has 0 saturated carbocycles. The summed E-state index contributed by atoms with van der Waals surface area (Å²) < 4.78 is 18.0. The topological polar surface area (TPSA) is 102 Å². The summed E-state index contributed by atoms with van der Waals surface area (Å²) in [6, 6.07) is 13.0. The van der Waals surface area contributed by atoms with E-state index >= 15 is 0 Å². The minimum Gasteiger partial charge on any atom is -0.494 e. The van der Waals surface area contributed by atoms with Crippen LogP contribution in [0.5, 0.6) is 5.75 Å². The number of nitrogens with one attached hydrogen (secondary N) is 1. The number of thiocarbonyl (C=S) groups is 1. The molecule has 2 fully saturated rings. The fraction of sp³-hybridized carbons (Fsp3) is 0.375. The summed E-state index contributed by atoms with van der Waals surface area (Å²) in [7, 11) is 1.29. The second-order valence-electron chi connectivity index (χ2n) is 10.4. The lowest BCUT2D eigenvalue weighted by Gasteiger charge is -2.19. The van der Waals surface area contributed by atoms with Crippen LogP contribution < -0.4 is 15.0 Å². The zero-order chi connectivity index (χ0) is 30.5. The molecule has 10 nitrogen and oxygen atoms in total. The van der Waals surface area contributed by atoms with Gasteiger partial charge in [-0.05, 0) is 74.3 Å². The fourth-order valence-corrected chi connectivity index (χ4v) is 5.85. The molecule has 0 radical (unpaired) electrons. The average Bonchev–Trinajstić information content (AvgIpc) is 3.71. The van der Waals surface area contributed by atoms with Crippen molar-refractivity contribution in [2.24, 2.45) is 0 Å². The lowest BCUT2D eigenvalue weighted by molar-refractivity contribution is -0.140. The van der Waals surface area contributed by atoms with Crippen LogP contribution in [0.1, 0.15) is 37.8 Å². The molecule has 5 rings (SSSR count). The summed E-state index contributed by atoms with van der Waals surface area (Å²) >= 11 is 5.72. The number of rotatable bonds is 11. The Hall–Kier alpha value is -4.22. The Balaban J connectivity index is 1.51. The number of nitrogens with zero attached hydrogens (tertiary/aromatic N) is 3. The van der Waals surface area contributed by atoms with Gasteiger partial charge in [-0.3, -0.25) is 19.3 Å². The van der Waals surface area contributed by atoms with Gasteiger partial charge in [0.05, 0.1) is 31.0 Å². The molecular weight excluding hydrogens is 568 g/mol. The van der Waals surface area contributed by atoms with E-state index in [2.05, 4.69) is 12.2 Å². The number of para-hydroxylation sites is 1. The molecule has 2 saturated heterocycles. The summed E-state index contributed by atoms with van der Waals surface area (Å²) in [5, 5.41) is 4.04. The Kier molecular flexibility index (Phi) is 9.42. The predicted octanol–water partition coefficient (Wildman–Crippen LogP) is 4.05. The lowest BCUT2D eigenvalue weighted by Crippen LogP contribution is -2.35. The number of hydrogen-bond acceptors (Lipinski definition) is 7. The first-order valence-corrected chi connectivity index (χ1v) is 14.9. The van der Waals surface area contributed by atoms with Gasteiger partial charge in [-0.1, -0.05) is 25.1 Å². The number of anilines is 1. The molecule has 2 aromatic carbocycles. The van der Waals surface area contributed by atoms with Gasteiger partial charge in [0.15, 0.2) is 5.11 Å². The van der Waals surface area contributed by atoms with Crippen LogP contribution in [-0.2, 0) is 36.8 Å². The van der Waals surface area contributed by atoms with E-state index in [-0.39, 0.29) is 41.8 Å². The minimum absolute atomic E-state index is 0.0492. The number of esters is 1. The molecule has 0 unspecified atom stereocenters. The number of hydrogen-bond donors (Lipinski definition) is 1. The number of benzene rings is 2. The molecular formula is C32H36N4O6S. The van der Waals surface area contributed by atoms with Gasteiger partial charge in [0.1, 0.15) is 24.5 Å². The Morgan fingerprint density at radius 2 is 1.93 bits per heavy atom. The van der Waals surface area contributed by atoms with Gasteiger partial charge < -0.3 is 29.0 Å². The smallest absolute Gasteiger partial charge is 0.325 e. The maximum absolute atomic E-state index is 13.9. The van der Waals surface area contributed by atoms with Gasteiger partial charge in [0.2, 0.25) is 5.91 Å². The molecule has 11 heteroatoms. The highest BCUT2D eigenvalue weighted by Gasteiger charge is 2.40. The summed E-state index contributed by atoms with van der Waals surface area (Å²) in [6.07, 6.45) is 6.36. The highest BCUT2D eigenvalue weighted by molar-refractivity contribution is 7.80. The van der Waals surface area contributed by atoms with Gasteiger partial charge in [0.25, 0.3) is 5.91 Å². The zero-order valence-corrected chi connectivity index (χ0v) is 25.4. The Bertz CT molecular complexity index is 1560. The molecule has 2 aliphatic heterocycles. The molecule has 2 amide bonds. The van der Waals surface area contributed by atoms with Crippen LogP contribution in [0.15, 0.2) is 54.4 Å². The Morgan fingerprint density at radius 3 is 2.60 bits per heavy atom. The fourth-order valence-electron chi connectivity index (χ4n) is 5.49. The van der Waals surface area contributed by atoms with Gasteiger partial charge in [-0.25, -0.2) is 0 Å². The third-order valence-electron chi connectivity index (χ3n) is 7.61. The summed E-state index contributed by atoms with van der Waals surface area (Å²) in [5.41, 5.74) is 3.50. The van der Waals surface area contributed by atoms with Crippen LogP contribution in [-0.4, -0.2) is 71.9 Å². The SMILES string of the molecule is CCOc1ccc(N2C(=O)/C(=C/c3cn(CC(=O)NC[C@@H]4CCCO4)c4c(CC)cccc34)N(CC(=O)OC)C2=S)cc1. The predicted molar refractivity (Wildman–Crippen MR) is 168 cm³/mol. The van der Waals surface area contributed by atoms with Crippen LogP contribution in [0.2, 0.25) is 0 Å². The van der Waals surface area contributed by atoms with E-state index in [0.29, 0.717) is 24.6 Å². The van der Waals surface area contributed by atoms with Crippen LogP contribution >= 0.6 is 12.2 Å². The first kappa shape index (κ1) is 30.2. The van der Waals surface area contributed by atoms with Crippen molar-refractivity contribution in [3.05, 3.63) is 65.5 Å². The van der Waals surface area contributed by atoms with Crippen molar-refractivity contribution in [3.8, 4) is 5.75 Å². The van der Waals surface area contributed by atoms with Crippen molar-refractivity contribution in [3.63, 3.8) is 0 Å². The minimum atomic E-state index is -0.534. The molecule has 43 heavy (non-hydrogen) atoms. The van der Waals surface area contributed by atoms with E-state index < -0.39 is 5.97 Å². The average molecular weight is 605 g/mol. The van der Waals surface area contributed by atoms with Crippen molar-refractivity contribution in [2.45, 2.75) is 45.8 Å². The monoisotopic (exact) mass is 604 g/mol. The van der Waals surface area contributed by atoms with E-state index in [4.69, 9.17) is 26.4 Å². The largest absolute Gasteiger partial charge is 0.494 e. The molecule has 0 spiro atoms. The summed E-state index contributed by atoms with van der Waals surface area (Å²) in [4.78, 5) is 42.2. The van der Waals surface area contributed by atoms with E-state index in [1.807, 2.05) is 35.9 Å². The highest BCUT2D eigenvalue weighted by Crippen LogP contribution is 2.33. The summed E-state index contributed by atoms with van der Waals surface area (Å²) in [6.45, 7) is 5.56. The second-order valence-corrected chi connectivity index (χ2v) is 10.7. The molecule has 2 aliphatic rings. The van der Waals surface area contributed by atoms with Gasteiger partial charge in [-0.15, -0.1) is 0 Å². The number of aryl methyl sites for hydroxylation is 1. The number of methoxy groups -OCH3 is 1. The number of fused-ring (bicyclic) bond motifs is 1. The Labute approximate surface area is 256 Å². The third kappa shape index (κ3) is 6.42. The number of carbonyl (C=O) groups is 3. The quantitative estimate of drug-likeness (QED) is 0.199. The maximum Gasteiger partial charge on any atom is 0.325 e. The van der Waals surface area contributed by atoms with Crippen LogP contribution in [0.3, 0.4) is 0 Å². The standard InChI is InChI=1S/C32H36N4O6S/c1-4-21-8-6-10-26-22(18-34(30(21)26)19-28(37)33-17-25-9-7-15-42-25)16-27-31(39)36(32(43)35(27)20-29(38)40-3)23-11-13-24(14-12-23)41-5-2/h6,8,10-14,16,18,25H,4-5,7,9,15,17,19-20H2,1-3H3,(H,33,37)/b27-16-/t25-/m0/s1. The van der Waals surface area contributed by atoms with Crippen molar-refractivity contribution >= 4 is 57.8 Å². The first-order chi connectivity index (χ1) is 20.8. The molecule has 1 atom stereocenters. The Morgan fingerprint density at radius 1 is 1.14 bits per heavy atom. The number of amides is 2. The van der Waals surface area contributed by atoms with E-state index in [0.717, 1.165) is 47.9 Å². The van der Waals surface area contributed by atoms with Crippen LogP contribution in [0.25, 0.3) is 17.0 Å². The molecule has 1 aromatic heterocycles. The van der Waals surface area contributed by atoms with Gasteiger partial charge in [0, 0.05) is 30.3 Å². The van der Waals surface area contributed by atoms with Crippen LogP contribution in [0.4, 0.5) is 5.69 Å². The van der Waals surface area contributed by atoms with Crippen molar-refractivity contribution < 1.29 is 28.6 Å². The molecule has 1 N–H and O–H groups in total. The molecule has 0 bridgehead atoms. The maximum atomic E-state index is 13.9. The van der Waals surface area contributed by atoms with Crippen LogP contribution in [0, 0.1) is 0 Å². The molecule has 3 aromatic rings. The molecule has 3 heterocycles. The normalized spacial score (nSPS) is 17.7. The number of ether oxygens (including phenoxy) is 3. The number of aromatic nitrogens is 1. The van der Waals surface area contributed by atoms with Gasteiger partial charge in [-0.2, -0.15) is 0 Å².